The number of nitrogens with one attached hydrogen (secondary N) is 1. The quantitative estimate of drug-likeness (QED) is 0.743. The molecule has 2 fully saturated rings. The van der Waals surface area contributed by atoms with Gasteiger partial charge in [0.25, 0.3) is 0 Å². The molecule has 8 heteroatoms. The topological polar surface area (TPSA) is 87.1 Å². The zero-order chi connectivity index (χ0) is 18.3. The summed E-state index contributed by atoms with van der Waals surface area (Å²) < 4.78 is 18.9. The predicted octanol–water partition coefficient (Wildman–Crippen LogP) is 2.42. The van der Waals surface area contributed by atoms with Crippen LogP contribution in [0, 0.1) is 5.41 Å². The Morgan fingerprint density at radius 3 is 2.93 bits per heavy atom. The standard InChI is InChI=1S/C19H23N5O3/c1-19(11-26-12-19)10-24-9-13(8-21-24)17-16-15(22-23-17)2-5-20-18(16)27-14-3-6-25-7-4-14/h2,5,8-9,14H,3-4,6-7,10-12H2,1H3,(H,22,23). The van der Waals surface area contributed by atoms with Gasteiger partial charge in [-0.15, -0.1) is 0 Å². The molecule has 2 saturated heterocycles. The van der Waals surface area contributed by atoms with Crippen molar-refractivity contribution in [3.63, 3.8) is 0 Å². The molecule has 5 heterocycles. The summed E-state index contributed by atoms with van der Waals surface area (Å²) in [6, 6.07) is 1.92. The second-order valence-electron chi connectivity index (χ2n) is 7.77. The monoisotopic (exact) mass is 369 g/mol. The fourth-order valence-corrected chi connectivity index (χ4v) is 3.69. The van der Waals surface area contributed by atoms with Crippen LogP contribution < -0.4 is 4.74 Å². The maximum absolute atomic E-state index is 6.21. The summed E-state index contributed by atoms with van der Waals surface area (Å²) in [6.07, 6.45) is 7.52. The zero-order valence-electron chi connectivity index (χ0n) is 15.4. The summed E-state index contributed by atoms with van der Waals surface area (Å²) in [4.78, 5) is 4.48. The molecule has 0 radical (unpaired) electrons. The number of nitrogens with zero attached hydrogens (tertiary/aromatic N) is 4. The van der Waals surface area contributed by atoms with Crippen molar-refractivity contribution >= 4 is 10.9 Å². The van der Waals surface area contributed by atoms with Gasteiger partial charge in [-0.25, -0.2) is 4.98 Å². The molecule has 0 unspecified atom stereocenters. The van der Waals surface area contributed by atoms with E-state index in [-0.39, 0.29) is 11.5 Å². The van der Waals surface area contributed by atoms with Gasteiger partial charge in [-0.3, -0.25) is 9.78 Å². The molecule has 0 atom stereocenters. The minimum absolute atomic E-state index is 0.126. The second kappa shape index (κ2) is 6.61. The van der Waals surface area contributed by atoms with Crippen molar-refractivity contribution in [2.75, 3.05) is 26.4 Å². The van der Waals surface area contributed by atoms with Crippen molar-refractivity contribution < 1.29 is 14.2 Å². The summed E-state index contributed by atoms with van der Waals surface area (Å²) in [7, 11) is 0. The molecule has 0 aliphatic carbocycles. The maximum atomic E-state index is 6.21. The van der Waals surface area contributed by atoms with Crippen LogP contribution in [-0.2, 0) is 16.0 Å². The number of rotatable bonds is 5. The lowest BCUT2D eigenvalue weighted by Crippen LogP contribution is -2.43. The van der Waals surface area contributed by atoms with E-state index in [1.807, 2.05) is 23.1 Å². The summed E-state index contributed by atoms with van der Waals surface area (Å²) in [5.41, 5.74) is 2.85. The third-order valence-electron chi connectivity index (χ3n) is 5.24. The van der Waals surface area contributed by atoms with E-state index in [2.05, 4.69) is 27.2 Å². The molecule has 0 bridgehead atoms. The minimum Gasteiger partial charge on any atom is -0.474 e. The Balaban J connectivity index is 1.45. The van der Waals surface area contributed by atoms with E-state index in [1.165, 1.54) is 0 Å². The van der Waals surface area contributed by atoms with Crippen LogP contribution >= 0.6 is 0 Å². The smallest absolute Gasteiger partial charge is 0.225 e. The lowest BCUT2D eigenvalue weighted by Gasteiger charge is -2.37. The van der Waals surface area contributed by atoms with E-state index in [9.17, 15) is 0 Å². The highest BCUT2D eigenvalue weighted by atomic mass is 16.5. The average Bonchev–Trinajstić information content (AvgIpc) is 3.28. The molecule has 8 nitrogen and oxygen atoms in total. The van der Waals surface area contributed by atoms with Gasteiger partial charge in [0.05, 0.1) is 50.1 Å². The van der Waals surface area contributed by atoms with Crippen molar-refractivity contribution in [3.8, 4) is 17.1 Å². The Kier molecular flexibility index (Phi) is 4.09. The van der Waals surface area contributed by atoms with E-state index < -0.39 is 0 Å². The third kappa shape index (κ3) is 3.19. The summed E-state index contributed by atoms with van der Waals surface area (Å²) in [5.74, 6) is 0.621. The van der Waals surface area contributed by atoms with E-state index in [0.717, 1.165) is 68.0 Å². The van der Waals surface area contributed by atoms with Crippen LogP contribution in [0.3, 0.4) is 0 Å². The number of hydrogen-bond acceptors (Lipinski definition) is 6. The van der Waals surface area contributed by atoms with Crippen molar-refractivity contribution in [1.82, 2.24) is 25.0 Å². The van der Waals surface area contributed by atoms with E-state index >= 15 is 0 Å². The Labute approximate surface area is 156 Å². The molecular weight excluding hydrogens is 346 g/mol. The largest absolute Gasteiger partial charge is 0.474 e. The lowest BCUT2D eigenvalue weighted by atomic mass is 9.89. The first-order valence-corrected chi connectivity index (χ1v) is 9.38. The number of fused-ring (bicyclic) bond motifs is 1. The van der Waals surface area contributed by atoms with E-state index in [1.54, 1.807) is 6.20 Å². The molecule has 2 aliphatic rings. The van der Waals surface area contributed by atoms with Gasteiger partial charge in [-0.2, -0.15) is 10.2 Å². The highest BCUT2D eigenvalue weighted by Gasteiger charge is 2.34. The van der Waals surface area contributed by atoms with Crippen LogP contribution in [0.4, 0.5) is 0 Å². The highest BCUT2D eigenvalue weighted by Crippen LogP contribution is 2.34. The van der Waals surface area contributed by atoms with Crippen LogP contribution in [0.2, 0.25) is 0 Å². The Morgan fingerprint density at radius 1 is 1.30 bits per heavy atom. The predicted molar refractivity (Wildman–Crippen MR) is 98.5 cm³/mol. The van der Waals surface area contributed by atoms with Crippen molar-refractivity contribution in [1.29, 1.82) is 0 Å². The number of H-pyrrole nitrogens is 1. The molecule has 3 aromatic rings. The SMILES string of the molecule is CC1(Cn2cc(-c3n[nH]c4ccnc(OC5CCOCC5)c34)cn2)COC1. The summed E-state index contributed by atoms with van der Waals surface area (Å²) in [5, 5.41) is 13.0. The number of hydrogen-bond donors (Lipinski definition) is 1. The lowest BCUT2D eigenvalue weighted by molar-refractivity contribution is -0.111. The second-order valence-corrected chi connectivity index (χ2v) is 7.77. The first-order chi connectivity index (χ1) is 13.2. The van der Waals surface area contributed by atoms with Crippen LogP contribution in [0.5, 0.6) is 5.88 Å². The van der Waals surface area contributed by atoms with Gasteiger partial charge in [0.2, 0.25) is 5.88 Å². The van der Waals surface area contributed by atoms with Gasteiger partial charge < -0.3 is 14.2 Å². The first-order valence-electron chi connectivity index (χ1n) is 9.38. The molecule has 0 amide bonds. The molecule has 0 saturated carbocycles. The molecule has 1 N–H and O–H groups in total. The van der Waals surface area contributed by atoms with Gasteiger partial charge >= 0.3 is 0 Å². The third-order valence-corrected chi connectivity index (χ3v) is 5.24. The Morgan fingerprint density at radius 2 is 2.15 bits per heavy atom. The van der Waals surface area contributed by atoms with Crippen molar-refractivity contribution in [2.45, 2.75) is 32.4 Å². The summed E-state index contributed by atoms with van der Waals surface area (Å²) in [6.45, 7) is 6.06. The fraction of sp³-hybridized carbons (Fsp3) is 0.526. The summed E-state index contributed by atoms with van der Waals surface area (Å²) >= 11 is 0. The molecule has 27 heavy (non-hydrogen) atoms. The zero-order valence-corrected chi connectivity index (χ0v) is 15.4. The Bertz CT molecular complexity index is 940. The molecule has 0 spiro atoms. The van der Waals surface area contributed by atoms with Gasteiger partial charge in [-0.1, -0.05) is 6.92 Å². The number of aromatic nitrogens is 5. The molecule has 0 aromatic carbocycles. The van der Waals surface area contributed by atoms with Crippen LogP contribution in [0.1, 0.15) is 19.8 Å². The maximum Gasteiger partial charge on any atom is 0.225 e. The van der Waals surface area contributed by atoms with Gasteiger partial charge in [-0.05, 0) is 6.07 Å². The van der Waals surface area contributed by atoms with Gasteiger partial charge in [0.15, 0.2) is 0 Å². The highest BCUT2D eigenvalue weighted by molar-refractivity contribution is 5.96. The van der Waals surface area contributed by atoms with Crippen LogP contribution in [-0.4, -0.2) is 57.5 Å². The number of pyridine rings is 1. The van der Waals surface area contributed by atoms with Crippen LogP contribution in [0.25, 0.3) is 22.2 Å². The Hall–Kier alpha value is -2.45. The average molecular weight is 369 g/mol. The van der Waals surface area contributed by atoms with E-state index in [0.29, 0.717) is 5.88 Å². The molecule has 3 aromatic heterocycles. The van der Waals surface area contributed by atoms with Crippen molar-refractivity contribution in [2.24, 2.45) is 5.41 Å². The first kappa shape index (κ1) is 16.7. The van der Waals surface area contributed by atoms with Crippen molar-refractivity contribution in [3.05, 3.63) is 24.7 Å². The number of aromatic amines is 1. The molecule has 2 aliphatic heterocycles. The van der Waals surface area contributed by atoms with Gasteiger partial charge in [0, 0.05) is 36.2 Å². The molecule has 142 valence electrons. The minimum atomic E-state index is 0.126. The van der Waals surface area contributed by atoms with E-state index in [4.69, 9.17) is 14.2 Å². The normalized spacial score (nSPS) is 19.9. The number of ether oxygens (including phenoxy) is 3. The molecular formula is C19H23N5O3. The molecule has 5 rings (SSSR count). The van der Waals surface area contributed by atoms with Gasteiger partial charge in [0.1, 0.15) is 11.8 Å². The fourth-order valence-electron chi connectivity index (χ4n) is 3.69. The van der Waals surface area contributed by atoms with Crippen LogP contribution in [0.15, 0.2) is 24.7 Å².